The number of Topliss-reactive ketones (excluding diaryl/α,β-unsaturated/α-hetero) is 1. The number of ketones is 1. The Balaban J connectivity index is 1.70. The lowest BCUT2D eigenvalue weighted by Crippen LogP contribution is -2.30. The zero-order chi connectivity index (χ0) is 18.9. The van der Waals surface area contributed by atoms with E-state index in [0.29, 0.717) is 29.1 Å². The molecule has 7 heteroatoms. The third-order valence-corrected chi connectivity index (χ3v) is 5.43. The minimum absolute atomic E-state index is 0.0740. The first-order valence-corrected chi connectivity index (χ1v) is 9.69. The number of amides is 1. The predicted molar refractivity (Wildman–Crippen MR) is 104 cm³/mol. The minimum Gasteiger partial charge on any atom is -0.294 e. The number of carbonyl (C=O) groups is 2. The average Bonchev–Trinajstić information content (AvgIpc) is 2.52. The quantitative estimate of drug-likeness (QED) is 0.788. The molecule has 0 atom stereocenters. The highest BCUT2D eigenvalue weighted by Gasteiger charge is 2.33. The number of fused-ring (bicyclic) bond motifs is 1. The van der Waals surface area contributed by atoms with E-state index in [2.05, 4.69) is 15.3 Å². The van der Waals surface area contributed by atoms with Crippen LogP contribution in [0.5, 0.6) is 0 Å². The molecular formula is C19H20ClN3O2S. The van der Waals surface area contributed by atoms with Gasteiger partial charge in [0.2, 0.25) is 11.9 Å². The van der Waals surface area contributed by atoms with E-state index in [4.69, 9.17) is 11.6 Å². The van der Waals surface area contributed by atoms with Gasteiger partial charge in [0.1, 0.15) is 0 Å². The zero-order valence-electron chi connectivity index (χ0n) is 14.9. The van der Waals surface area contributed by atoms with Crippen molar-refractivity contribution in [3.63, 3.8) is 0 Å². The van der Waals surface area contributed by atoms with Gasteiger partial charge >= 0.3 is 0 Å². The number of nitrogens with zero attached hydrogens (tertiary/aromatic N) is 2. The first-order chi connectivity index (χ1) is 12.2. The van der Waals surface area contributed by atoms with Crippen LogP contribution in [0.2, 0.25) is 5.02 Å². The Bertz CT molecular complexity index is 866. The molecule has 1 heterocycles. The molecule has 1 N–H and O–H groups in total. The van der Waals surface area contributed by atoms with Gasteiger partial charge < -0.3 is 0 Å². The Hall–Kier alpha value is -1.92. The Kier molecular flexibility index (Phi) is 5.34. The van der Waals surface area contributed by atoms with Crippen LogP contribution < -0.4 is 5.32 Å². The number of aryl methyl sites for hydroxylation is 1. The topological polar surface area (TPSA) is 72.0 Å². The number of hydrogen-bond acceptors (Lipinski definition) is 5. The molecule has 0 spiro atoms. The monoisotopic (exact) mass is 389 g/mol. The van der Waals surface area contributed by atoms with E-state index in [1.54, 1.807) is 19.1 Å². The molecule has 0 unspecified atom stereocenters. The summed E-state index contributed by atoms with van der Waals surface area (Å²) in [5.74, 6) is 0.384. The second kappa shape index (κ2) is 7.37. The Morgan fingerprint density at radius 2 is 1.92 bits per heavy atom. The van der Waals surface area contributed by atoms with E-state index in [1.807, 2.05) is 26.0 Å². The summed E-state index contributed by atoms with van der Waals surface area (Å²) in [4.78, 5) is 34.3. The van der Waals surface area contributed by atoms with Gasteiger partial charge in [-0.3, -0.25) is 14.9 Å². The van der Waals surface area contributed by atoms with Crippen LogP contribution in [0.4, 0.5) is 5.95 Å². The van der Waals surface area contributed by atoms with Gasteiger partial charge in [0.25, 0.3) is 0 Å². The fourth-order valence-electron chi connectivity index (χ4n) is 3.06. The maximum absolute atomic E-state index is 12.4. The summed E-state index contributed by atoms with van der Waals surface area (Å²) in [6.45, 7) is 5.88. The van der Waals surface area contributed by atoms with Crippen LogP contribution in [0.3, 0.4) is 0 Å². The number of carbonyl (C=O) groups excluding carboxylic acids is 2. The number of nitrogens with one attached hydrogen (secondary N) is 1. The maximum Gasteiger partial charge on any atom is 0.237 e. The number of aromatic nitrogens is 2. The van der Waals surface area contributed by atoms with E-state index < -0.39 is 0 Å². The van der Waals surface area contributed by atoms with Crippen molar-refractivity contribution in [3.8, 4) is 0 Å². The number of rotatable bonds is 4. The van der Waals surface area contributed by atoms with Crippen LogP contribution in [0.25, 0.3) is 0 Å². The van der Waals surface area contributed by atoms with Crippen molar-refractivity contribution in [3.05, 3.63) is 46.2 Å². The summed E-state index contributed by atoms with van der Waals surface area (Å²) in [7, 11) is 0. The molecule has 1 aromatic heterocycles. The molecule has 0 fully saturated rings. The van der Waals surface area contributed by atoms with Crippen LogP contribution in [0.1, 0.15) is 42.0 Å². The van der Waals surface area contributed by atoms with Crippen molar-refractivity contribution in [2.45, 2.75) is 38.5 Å². The summed E-state index contributed by atoms with van der Waals surface area (Å²) >= 11 is 7.27. The Morgan fingerprint density at radius 3 is 2.62 bits per heavy atom. The van der Waals surface area contributed by atoms with Crippen molar-refractivity contribution in [1.82, 2.24) is 9.97 Å². The normalized spacial score (nSPS) is 15.5. The average molecular weight is 390 g/mol. The molecule has 1 amide bonds. The van der Waals surface area contributed by atoms with Crippen molar-refractivity contribution in [1.29, 1.82) is 0 Å². The van der Waals surface area contributed by atoms with Gasteiger partial charge in [0, 0.05) is 16.3 Å². The smallest absolute Gasteiger partial charge is 0.237 e. The van der Waals surface area contributed by atoms with Gasteiger partial charge in [0.15, 0.2) is 5.78 Å². The highest BCUT2D eigenvalue weighted by molar-refractivity contribution is 8.00. The predicted octanol–water partition coefficient (Wildman–Crippen LogP) is 4.32. The summed E-state index contributed by atoms with van der Waals surface area (Å²) in [6.07, 6.45) is 1.19. The molecule has 0 bridgehead atoms. The Morgan fingerprint density at radius 1 is 1.23 bits per heavy atom. The first-order valence-electron chi connectivity index (χ1n) is 8.32. The van der Waals surface area contributed by atoms with Crippen LogP contribution in [-0.4, -0.2) is 27.4 Å². The van der Waals surface area contributed by atoms with Crippen molar-refractivity contribution in [2.24, 2.45) is 5.41 Å². The summed E-state index contributed by atoms with van der Waals surface area (Å²) in [6, 6.07) is 7.31. The van der Waals surface area contributed by atoms with E-state index >= 15 is 0 Å². The van der Waals surface area contributed by atoms with Crippen LogP contribution in [0.15, 0.2) is 29.2 Å². The van der Waals surface area contributed by atoms with Crippen LogP contribution >= 0.6 is 23.4 Å². The molecule has 1 aliphatic carbocycles. The first kappa shape index (κ1) is 18.9. The highest BCUT2D eigenvalue weighted by atomic mass is 35.5. The lowest BCUT2D eigenvalue weighted by molar-refractivity contribution is -0.113. The number of benzene rings is 1. The summed E-state index contributed by atoms with van der Waals surface area (Å²) < 4.78 is 0. The molecule has 1 aliphatic rings. The van der Waals surface area contributed by atoms with Crippen molar-refractivity contribution >= 4 is 41.0 Å². The van der Waals surface area contributed by atoms with Crippen molar-refractivity contribution < 1.29 is 9.59 Å². The molecule has 0 saturated heterocycles. The van der Waals surface area contributed by atoms with Gasteiger partial charge in [0.05, 0.1) is 22.7 Å². The van der Waals surface area contributed by atoms with Crippen LogP contribution in [-0.2, 0) is 11.2 Å². The fraction of sp³-hybridized carbons (Fsp3) is 0.368. The molecular weight excluding hydrogens is 370 g/mol. The van der Waals surface area contributed by atoms with E-state index in [0.717, 1.165) is 10.6 Å². The second-order valence-corrected chi connectivity index (χ2v) is 8.67. The van der Waals surface area contributed by atoms with E-state index in [-0.39, 0.29) is 28.8 Å². The Labute approximate surface area is 162 Å². The van der Waals surface area contributed by atoms with Gasteiger partial charge in [-0.1, -0.05) is 25.4 Å². The van der Waals surface area contributed by atoms with E-state index in [1.165, 1.54) is 11.8 Å². The zero-order valence-corrected chi connectivity index (χ0v) is 16.5. The SMILES string of the molecule is Cc1nc(NC(=O)CSc2ccc(Cl)cc2)nc2c1C(=O)CC(C)(C)C2. The third kappa shape index (κ3) is 4.43. The maximum atomic E-state index is 12.4. The van der Waals surface area contributed by atoms with Gasteiger partial charge in [-0.05, 0) is 43.0 Å². The molecule has 0 radical (unpaired) electrons. The standard InChI is InChI=1S/C19H20ClN3O2S/c1-11-17-14(8-19(2,3)9-15(17)24)22-18(21-11)23-16(25)10-26-13-6-4-12(20)5-7-13/h4-7H,8-10H2,1-3H3,(H,21,22,23,25). The summed E-state index contributed by atoms with van der Waals surface area (Å²) in [5.41, 5.74) is 1.82. The van der Waals surface area contributed by atoms with Crippen molar-refractivity contribution in [2.75, 3.05) is 11.1 Å². The molecule has 3 rings (SSSR count). The second-order valence-electron chi connectivity index (χ2n) is 7.19. The molecule has 0 aliphatic heterocycles. The number of hydrogen-bond donors (Lipinski definition) is 1. The molecule has 5 nitrogen and oxygen atoms in total. The lowest BCUT2D eigenvalue weighted by atomic mass is 9.75. The van der Waals surface area contributed by atoms with Gasteiger partial charge in [-0.25, -0.2) is 9.97 Å². The fourth-order valence-corrected chi connectivity index (χ4v) is 3.88. The lowest BCUT2D eigenvalue weighted by Gasteiger charge is -2.30. The third-order valence-electron chi connectivity index (χ3n) is 4.16. The van der Waals surface area contributed by atoms with Gasteiger partial charge in [-0.2, -0.15) is 0 Å². The molecule has 26 heavy (non-hydrogen) atoms. The largest absolute Gasteiger partial charge is 0.294 e. The van der Waals surface area contributed by atoms with E-state index in [9.17, 15) is 9.59 Å². The molecule has 1 aromatic carbocycles. The highest BCUT2D eigenvalue weighted by Crippen LogP contribution is 2.35. The summed E-state index contributed by atoms with van der Waals surface area (Å²) in [5, 5.41) is 3.40. The number of halogens is 1. The molecule has 136 valence electrons. The van der Waals surface area contributed by atoms with Gasteiger partial charge in [-0.15, -0.1) is 11.8 Å². The number of thioether (sulfide) groups is 1. The van der Waals surface area contributed by atoms with Crippen LogP contribution in [0, 0.1) is 12.3 Å². The number of anilines is 1. The molecule has 2 aromatic rings. The molecule has 0 saturated carbocycles. The minimum atomic E-state index is -0.189.